The smallest absolute Gasteiger partial charge is 0.339 e. The van der Waals surface area contributed by atoms with Crippen LogP contribution in [0.3, 0.4) is 0 Å². The highest BCUT2D eigenvalue weighted by atomic mass is 32.2. The van der Waals surface area contributed by atoms with E-state index in [4.69, 9.17) is 4.42 Å². The SMILES string of the molecule is CC(CS(C)=O)NCc1oc2ccccc2c1C(=O)O. The van der Waals surface area contributed by atoms with Crippen molar-refractivity contribution in [3.05, 3.63) is 35.6 Å². The molecule has 2 unspecified atom stereocenters. The molecule has 0 saturated heterocycles. The van der Waals surface area contributed by atoms with Crippen molar-refractivity contribution in [3.8, 4) is 0 Å². The largest absolute Gasteiger partial charge is 0.478 e. The highest BCUT2D eigenvalue weighted by Crippen LogP contribution is 2.25. The van der Waals surface area contributed by atoms with Gasteiger partial charge in [0, 0.05) is 34.2 Å². The first kappa shape index (κ1) is 14.7. The van der Waals surface area contributed by atoms with Crippen LogP contribution in [-0.2, 0) is 17.3 Å². The first-order valence-corrected chi connectivity index (χ1v) is 7.99. The van der Waals surface area contributed by atoms with E-state index >= 15 is 0 Å². The third-order valence-electron chi connectivity index (χ3n) is 2.98. The van der Waals surface area contributed by atoms with Crippen molar-refractivity contribution >= 4 is 27.7 Å². The van der Waals surface area contributed by atoms with Gasteiger partial charge in [0.25, 0.3) is 0 Å². The van der Waals surface area contributed by atoms with E-state index in [1.165, 1.54) is 0 Å². The fourth-order valence-electron chi connectivity index (χ4n) is 2.13. The minimum Gasteiger partial charge on any atom is -0.478 e. The van der Waals surface area contributed by atoms with Gasteiger partial charge in [-0.15, -0.1) is 0 Å². The molecule has 0 fully saturated rings. The highest BCUT2D eigenvalue weighted by Gasteiger charge is 2.20. The quantitative estimate of drug-likeness (QED) is 0.852. The summed E-state index contributed by atoms with van der Waals surface area (Å²) in [5.74, 6) is -0.0891. The normalized spacial score (nSPS) is 14.3. The molecule has 1 aromatic carbocycles. The van der Waals surface area contributed by atoms with E-state index < -0.39 is 16.8 Å². The average molecular weight is 295 g/mol. The number of hydrogen-bond acceptors (Lipinski definition) is 4. The molecule has 108 valence electrons. The van der Waals surface area contributed by atoms with E-state index in [9.17, 15) is 14.1 Å². The summed E-state index contributed by atoms with van der Waals surface area (Å²) in [7, 11) is -0.892. The Labute approximate surface area is 119 Å². The number of fused-ring (bicyclic) bond motifs is 1. The first-order valence-electron chi connectivity index (χ1n) is 6.26. The first-order chi connectivity index (χ1) is 9.49. The topological polar surface area (TPSA) is 79.5 Å². The summed E-state index contributed by atoms with van der Waals surface area (Å²) in [6, 6.07) is 7.09. The maximum atomic E-state index is 11.4. The van der Waals surface area contributed by atoms with Crippen LogP contribution in [0.5, 0.6) is 0 Å². The van der Waals surface area contributed by atoms with Crippen LogP contribution in [0.25, 0.3) is 11.0 Å². The minimum atomic E-state index is -1.00. The van der Waals surface area contributed by atoms with Gasteiger partial charge in [0.05, 0.1) is 6.54 Å². The zero-order chi connectivity index (χ0) is 14.7. The van der Waals surface area contributed by atoms with E-state index in [0.29, 0.717) is 29.0 Å². The summed E-state index contributed by atoms with van der Waals surface area (Å²) in [6.07, 6.45) is 1.64. The summed E-state index contributed by atoms with van der Waals surface area (Å²) < 4.78 is 16.7. The van der Waals surface area contributed by atoms with E-state index in [2.05, 4.69) is 5.32 Å². The van der Waals surface area contributed by atoms with Gasteiger partial charge in [-0.05, 0) is 13.0 Å². The molecular weight excluding hydrogens is 278 g/mol. The molecule has 2 rings (SSSR count). The molecule has 0 aliphatic rings. The fraction of sp³-hybridized carbons (Fsp3) is 0.357. The molecule has 0 bridgehead atoms. The number of carboxylic acids is 1. The van der Waals surface area contributed by atoms with E-state index in [1.807, 2.05) is 6.92 Å². The molecular formula is C14H17NO4S. The fourth-order valence-corrected chi connectivity index (χ4v) is 2.95. The van der Waals surface area contributed by atoms with Crippen LogP contribution in [0.1, 0.15) is 23.0 Å². The number of rotatable bonds is 6. The van der Waals surface area contributed by atoms with Crippen molar-refractivity contribution in [1.29, 1.82) is 0 Å². The zero-order valence-corrected chi connectivity index (χ0v) is 12.2. The van der Waals surface area contributed by atoms with Crippen molar-refractivity contribution in [1.82, 2.24) is 5.32 Å². The van der Waals surface area contributed by atoms with Gasteiger partial charge in [-0.2, -0.15) is 0 Å². The Hall–Kier alpha value is -1.66. The van der Waals surface area contributed by atoms with E-state index in [1.54, 1.807) is 30.5 Å². The standard InChI is InChI=1S/C14H17NO4S/c1-9(8-20(2)18)15-7-12-13(14(16)17)10-5-3-4-6-11(10)19-12/h3-6,9,15H,7-8H2,1-2H3,(H,16,17). The van der Waals surface area contributed by atoms with Crippen LogP contribution < -0.4 is 5.32 Å². The Morgan fingerprint density at radius 1 is 1.45 bits per heavy atom. The van der Waals surface area contributed by atoms with Crippen molar-refractivity contribution in [3.63, 3.8) is 0 Å². The minimum absolute atomic E-state index is 0.0238. The summed E-state index contributed by atoms with van der Waals surface area (Å²) >= 11 is 0. The van der Waals surface area contributed by atoms with Gasteiger partial charge in [-0.3, -0.25) is 4.21 Å². The molecule has 2 aromatic rings. The Morgan fingerprint density at radius 2 is 2.15 bits per heavy atom. The number of para-hydroxylation sites is 1. The van der Waals surface area contributed by atoms with Gasteiger partial charge >= 0.3 is 5.97 Å². The van der Waals surface area contributed by atoms with Crippen LogP contribution >= 0.6 is 0 Å². The predicted molar refractivity (Wildman–Crippen MR) is 78.4 cm³/mol. The van der Waals surface area contributed by atoms with Gasteiger partial charge in [-0.25, -0.2) is 4.79 Å². The Morgan fingerprint density at radius 3 is 2.80 bits per heavy atom. The molecule has 2 atom stereocenters. The van der Waals surface area contributed by atoms with Crippen molar-refractivity contribution in [2.75, 3.05) is 12.0 Å². The molecule has 0 amide bonds. The molecule has 0 saturated carbocycles. The predicted octanol–water partition coefficient (Wildman–Crippen LogP) is 1.99. The number of carbonyl (C=O) groups is 1. The van der Waals surface area contributed by atoms with E-state index in [-0.39, 0.29) is 11.6 Å². The number of nitrogens with one attached hydrogen (secondary N) is 1. The van der Waals surface area contributed by atoms with E-state index in [0.717, 1.165) is 0 Å². The van der Waals surface area contributed by atoms with Crippen LogP contribution in [-0.4, -0.2) is 33.3 Å². The molecule has 1 aromatic heterocycles. The number of hydrogen-bond donors (Lipinski definition) is 2. The molecule has 20 heavy (non-hydrogen) atoms. The van der Waals surface area contributed by atoms with Crippen molar-refractivity contribution in [2.24, 2.45) is 0 Å². The number of carboxylic acid groups (broad SMARTS) is 1. The lowest BCUT2D eigenvalue weighted by atomic mass is 10.1. The lowest BCUT2D eigenvalue weighted by Gasteiger charge is -2.11. The third-order valence-corrected chi connectivity index (χ3v) is 3.95. The summed E-state index contributed by atoms with van der Waals surface area (Å²) in [5.41, 5.74) is 0.756. The molecule has 0 radical (unpaired) electrons. The molecule has 6 heteroatoms. The molecule has 2 N–H and O–H groups in total. The van der Waals surface area contributed by atoms with Gasteiger partial charge in [0.1, 0.15) is 16.9 Å². The number of benzene rings is 1. The molecule has 0 spiro atoms. The van der Waals surface area contributed by atoms with Gasteiger partial charge in [0.2, 0.25) is 0 Å². The lowest BCUT2D eigenvalue weighted by Crippen LogP contribution is -2.30. The number of aromatic carboxylic acids is 1. The van der Waals surface area contributed by atoms with Gasteiger partial charge in [-0.1, -0.05) is 18.2 Å². The van der Waals surface area contributed by atoms with Crippen LogP contribution in [0.2, 0.25) is 0 Å². The van der Waals surface area contributed by atoms with Crippen LogP contribution in [0, 0.1) is 0 Å². The molecule has 0 aliphatic heterocycles. The Kier molecular flexibility index (Phi) is 4.57. The van der Waals surface area contributed by atoms with Gasteiger partial charge < -0.3 is 14.8 Å². The average Bonchev–Trinajstić information content (AvgIpc) is 2.73. The maximum Gasteiger partial charge on any atom is 0.339 e. The number of furan rings is 1. The third kappa shape index (κ3) is 3.26. The monoisotopic (exact) mass is 295 g/mol. The Bertz CT molecular complexity index is 650. The molecule has 0 aliphatic carbocycles. The molecule has 1 heterocycles. The van der Waals surface area contributed by atoms with Crippen molar-refractivity contribution < 1.29 is 18.5 Å². The summed E-state index contributed by atoms with van der Waals surface area (Å²) in [4.78, 5) is 11.4. The van der Waals surface area contributed by atoms with Gasteiger partial charge in [0.15, 0.2) is 0 Å². The van der Waals surface area contributed by atoms with Crippen LogP contribution in [0.4, 0.5) is 0 Å². The van der Waals surface area contributed by atoms with Crippen LogP contribution in [0.15, 0.2) is 28.7 Å². The zero-order valence-electron chi connectivity index (χ0n) is 11.4. The lowest BCUT2D eigenvalue weighted by molar-refractivity contribution is 0.0696. The maximum absolute atomic E-state index is 11.4. The molecule has 5 nitrogen and oxygen atoms in total. The second-order valence-electron chi connectivity index (χ2n) is 4.72. The Balaban J connectivity index is 2.23. The summed E-state index contributed by atoms with van der Waals surface area (Å²) in [5, 5.41) is 13.1. The highest BCUT2D eigenvalue weighted by molar-refractivity contribution is 7.84. The second kappa shape index (κ2) is 6.19. The second-order valence-corrected chi connectivity index (χ2v) is 6.20. The van der Waals surface area contributed by atoms with Crippen molar-refractivity contribution in [2.45, 2.75) is 19.5 Å². The summed E-state index contributed by atoms with van der Waals surface area (Å²) in [6.45, 7) is 2.21.